The highest BCUT2D eigenvalue weighted by Crippen LogP contribution is 1.93. The summed E-state index contributed by atoms with van der Waals surface area (Å²) in [6.07, 6.45) is 5.17. The molecule has 1 atom stereocenters. The Labute approximate surface area is 94.3 Å². The molecule has 16 heavy (non-hydrogen) atoms. The normalized spacial score (nSPS) is 12.1. The quantitative estimate of drug-likeness (QED) is 0.439. The summed E-state index contributed by atoms with van der Waals surface area (Å²) >= 11 is 0. The topological polar surface area (TPSA) is 96.7 Å². The predicted molar refractivity (Wildman–Crippen MR) is 60.5 cm³/mol. The predicted octanol–water partition coefficient (Wildman–Crippen LogP) is -0.243. The molecule has 1 aromatic heterocycles. The molecule has 0 aliphatic carbocycles. The molecule has 0 aromatic carbocycles. The molecule has 4 N–H and O–H groups in total. The van der Waals surface area contributed by atoms with Crippen molar-refractivity contribution in [3.8, 4) is 0 Å². The molecule has 1 rings (SSSR count). The zero-order valence-corrected chi connectivity index (χ0v) is 9.15. The summed E-state index contributed by atoms with van der Waals surface area (Å²) in [7, 11) is 0. The minimum atomic E-state index is -0.497. The van der Waals surface area contributed by atoms with Crippen molar-refractivity contribution >= 4 is 5.91 Å². The number of aromatic nitrogens is 3. The maximum atomic E-state index is 11.4. The van der Waals surface area contributed by atoms with E-state index >= 15 is 0 Å². The third-order valence-corrected chi connectivity index (χ3v) is 2.11. The number of nitrogens with zero attached hydrogens (tertiary/aromatic N) is 2. The lowest BCUT2D eigenvalue weighted by atomic mass is 10.2. The van der Waals surface area contributed by atoms with Gasteiger partial charge in [-0.05, 0) is 12.8 Å². The maximum absolute atomic E-state index is 11.4. The van der Waals surface area contributed by atoms with E-state index in [2.05, 4.69) is 27.1 Å². The number of carbonyl (C=O) groups is 1. The Morgan fingerprint density at radius 1 is 1.75 bits per heavy atom. The van der Waals surface area contributed by atoms with Gasteiger partial charge in [-0.25, -0.2) is 4.98 Å². The van der Waals surface area contributed by atoms with E-state index in [1.807, 2.05) is 0 Å². The van der Waals surface area contributed by atoms with Gasteiger partial charge in [0.25, 0.3) is 0 Å². The molecule has 6 nitrogen and oxygen atoms in total. The lowest BCUT2D eigenvalue weighted by Crippen LogP contribution is -2.40. The van der Waals surface area contributed by atoms with Gasteiger partial charge in [0.1, 0.15) is 12.2 Å². The largest absolute Gasteiger partial charge is 0.355 e. The summed E-state index contributed by atoms with van der Waals surface area (Å²) in [6, 6.07) is -0.497. The molecule has 1 unspecified atom stereocenters. The summed E-state index contributed by atoms with van der Waals surface area (Å²) in [4.78, 5) is 15.4. The molecule has 0 saturated carbocycles. The van der Waals surface area contributed by atoms with E-state index in [0.29, 0.717) is 13.0 Å². The Bertz CT molecular complexity index is 322. The smallest absolute Gasteiger partial charge is 0.237 e. The number of nitrogens with two attached hydrogens (primary N) is 1. The lowest BCUT2D eigenvalue weighted by Gasteiger charge is -2.09. The van der Waals surface area contributed by atoms with Crippen molar-refractivity contribution in [2.75, 3.05) is 6.54 Å². The second-order valence-corrected chi connectivity index (χ2v) is 3.46. The second-order valence-electron chi connectivity index (χ2n) is 3.46. The Hall–Kier alpha value is -1.69. The first kappa shape index (κ1) is 12.4. The van der Waals surface area contributed by atoms with Crippen molar-refractivity contribution in [3.63, 3.8) is 0 Å². The average Bonchev–Trinajstić information content (AvgIpc) is 2.77. The lowest BCUT2D eigenvalue weighted by molar-refractivity contribution is -0.122. The van der Waals surface area contributed by atoms with Crippen molar-refractivity contribution in [1.82, 2.24) is 20.5 Å². The number of nitrogens with one attached hydrogen (secondary N) is 2. The van der Waals surface area contributed by atoms with Crippen LogP contribution >= 0.6 is 0 Å². The van der Waals surface area contributed by atoms with E-state index in [-0.39, 0.29) is 5.91 Å². The van der Waals surface area contributed by atoms with Crippen molar-refractivity contribution in [1.29, 1.82) is 0 Å². The van der Waals surface area contributed by atoms with E-state index < -0.39 is 6.04 Å². The molecule has 0 radical (unpaired) electrons. The van der Waals surface area contributed by atoms with Gasteiger partial charge in [0.15, 0.2) is 0 Å². The first-order valence-electron chi connectivity index (χ1n) is 5.22. The van der Waals surface area contributed by atoms with Crippen LogP contribution in [0, 0.1) is 0 Å². The van der Waals surface area contributed by atoms with E-state index in [1.54, 1.807) is 6.08 Å². The third kappa shape index (κ3) is 4.22. The van der Waals surface area contributed by atoms with Crippen LogP contribution in [0.5, 0.6) is 0 Å². The number of hydrogen-bond acceptors (Lipinski definition) is 4. The fraction of sp³-hybridized carbons (Fsp3) is 0.500. The van der Waals surface area contributed by atoms with Gasteiger partial charge in [0, 0.05) is 13.0 Å². The molecule has 0 aliphatic heterocycles. The highest BCUT2D eigenvalue weighted by Gasteiger charge is 2.10. The minimum absolute atomic E-state index is 0.141. The Kier molecular flexibility index (Phi) is 5.21. The van der Waals surface area contributed by atoms with E-state index in [4.69, 9.17) is 5.73 Å². The fourth-order valence-corrected chi connectivity index (χ4v) is 1.24. The van der Waals surface area contributed by atoms with Crippen LogP contribution in [0.4, 0.5) is 0 Å². The highest BCUT2D eigenvalue weighted by atomic mass is 16.2. The van der Waals surface area contributed by atoms with Crippen LogP contribution < -0.4 is 11.1 Å². The van der Waals surface area contributed by atoms with Crippen LogP contribution in [0.15, 0.2) is 19.0 Å². The van der Waals surface area contributed by atoms with Gasteiger partial charge in [0.2, 0.25) is 5.91 Å². The summed E-state index contributed by atoms with van der Waals surface area (Å²) in [6.45, 7) is 4.12. The Morgan fingerprint density at radius 2 is 2.56 bits per heavy atom. The van der Waals surface area contributed by atoms with Crippen LogP contribution in [-0.2, 0) is 11.2 Å². The summed E-state index contributed by atoms with van der Waals surface area (Å²) < 4.78 is 0. The van der Waals surface area contributed by atoms with Crippen molar-refractivity contribution in [3.05, 3.63) is 24.8 Å². The molecule has 6 heteroatoms. The number of hydrogen-bond donors (Lipinski definition) is 3. The number of H-pyrrole nitrogens is 1. The molecule has 1 heterocycles. The van der Waals surface area contributed by atoms with E-state index in [9.17, 15) is 4.79 Å². The Balaban J connectivity index is 2.11. The van der Waals surface area contributed by atoms with Gasteiger partial charge >= 0.3 is 0 Å². The zero-order valence-electron chi connectivity index (χ0n) is 9.15. The molecular weight excluding hydrogens is 206 g/mol. The van der Waals surface area contributed by atoms with Crippen LogP contribution in [0.2, 0.25) is 0 Å². The molecule has 0 spiro atoms. The van der Waals surface area contributed by atoms with Gasteiger partial charge in [-0.2, -0.15) is 5.10 Å². The van der Waals surface area contributed by atoms with Gasteiger partial charge in [-0.1, -0.05) is 6.08 Å². The number of amides is 1. The van der Waals surface area contributed by atoms with Crippen LogP contribution in [-0.4, -0.2) is 33.7 Å². The maximum Gasteiger partial charge on any atom is 0.237 e. The van der Waals surface area contributed by atoms with Crippen LogP contribution in [0.1, 0.15) is 18.7 Å². The molecule has 0 aliphatic rings. The summed E-state index contributed by atoms with van der Waals surface area (Å²) in [5.74, 6) is 0.683. The van der Waals surface area contributed by atoms with Gasteiger partial charge in [-0.15, -0.1) is 6.58 Å². The average molecular weight is 223 g/mol. The van der Waals surface area contributed by atoms with Gasteiger partial charge in [0.05, 0.1) is 6.04 Å². The van der Waals surface area contributed by atoms with Gasteiger partial charge in [-0.3, -0.25) is 9.89 Å². The van der Waals surface area contributed by atoms with Gasteiger partial charge < -0.3 is 11.1 Å². The number of aryl methyl sites for hydroxylation is 1. The van der Waals surface area contributed by atoms with E-state index in [1.165, 1.54) is 6.33 Å². The number of aromatic amines is 1. The molecule has 0 saturated heterocycles. The number of rotatable bonds is 7. The molecule has 0 fully saturated rings. The van der Waals surface area contributed by atoms with Crippen molar-refractivity contribution < 1.29 is 4.79 Å². The molecule has 88 valence electrons. The van der Waals surface area contributed by atoms with Crippen LogP contribution in [0.3, 0.4) is 0 Å². The molecule has 1 aromatic rings. The summed E-state index contributed by atoms with van der Waals surface area (Å²) in [5.41, 5.74) is 5.59. The standard InChI is InChI=1S/C10H17N5O/c1-2-4-8(11)10(16)12-6-3-5-9-13-7-14-15-9/h2,7-8H,1,3-6,11H2,(H,12,16)(H,13,14,15). The highest BCUT2D eigenvalue weighted by molar-refractivity contribution is 5.81. The van der Waals surface area contributed by atoms with Crippen LogP contribution in [0.25, 0.3) is 0 Å². The SMILES string of the molecule is C=CCC(N)C(=O)NCCCc1ncn[nH]1. The minimum Gasteiger partial charge on any atom is -0.355 e. The third-order valence-electron chi connectivity index (χ3n) is 2.11. The first-order valence-corrected chi connectivity index (χ1v) is 5.22. The van der Waals surface area contributed by atoms with Crippen molar-refractivity contribution in [2.24, 2.45) is 5.73 Å². The van der Waals surface area contributed by atoms with E-state index in [0.717, 1.165) is 18.7 Å². The molecule has 1 amide bonds. The molecule has 0 bridgehead atoms. The zero-order chi connectivity index (χ0) is 11.8. The summed E-state index contributed by atoms with van der Waals surface area (Å²) in [5, 5.41) is 9.25. The second kappa shape index (κ2) is 6.73. The molecular formula is C10H17N5O. The van der Waals surface area contributed by atoms with Crippen molar-refractivity contribution in [2.45, 2.75) is 25.3 Å². The number of carbonyl (C=O) groups excluding carboxylic acids is 1. The fourth-order valence-electron chi connectivity index (χ4n) is 1.24. The Morgan fingerprint density at radius 3 is 3.19 bits per heavy atom. The first-order chi connectivity index (χ1) is 7.74. The monoisotopic (exact) mass is 223 g/mol.